The zero-order valence-corrected chi connectivity index (χ0v) is 20.7. The average Bonchev–Trinajstić information content (AvgIpc) is 3.54. The SMILES string of the molecule is Cn1ccnc1SCCNC1CCN(c2ccc(C(=O)NCc3ccc4c(c3)OCO4)cc2)CC1. The van der Waals surface area contributed by atoms with Crippen molar-refractivity contribution in [1.29, 1.82) is 0 Å². The lowest BCUT2D eigenvalue weighted by Gasteiger charge is -2.34. The van der Waals surface area contributed by atoms with Gasteiger partial charge >= 0.3 is 0 Å². The van der Waals surface area contributed by atoms with Crippen molar-refractivity contribution in [2.24, 2.45) is 7.05 Å². The molecular formula is C26H31N5O3S. The number of nitrogens with zero attached hydrogens (tertiary/aromatic N) is 3. The van der Waals surface area contributed by atoms with Gasteiger partial charge in [0.1, 0.15) is 0 Å². The number of hydrogen-bond donors (Lipinski definition) is 2. The fourth-order valence-corrected chi connectivity index (χ4v) is 5.20. The van der Waals surface area contributed by atoms with Crippen LogP contribution in [0.25, 0.3) is 0 Å². The molecule has 9 heteroatoms. The average molecular weight is 494 g/mol. The first-order chi connectivity index (χ1) is 17.2. The molecule has 0 bridgehead atoms. The molecule has 0 saturated carbocycles. The van der Waals surface area contributed by atoms with Crippen LogP contribution in [0.15, 0.2) is 60.0 Å². The summed E-state index contributed by atoms with van der Waals surface area (Å²) in [6.07, 6.45) is 6.05. The van der Waals surface area contributed by atoms with E-state index >= 15 is 0 Å². The minimum Gasteiger partial charge on any atom is -0.454 e. The highest BCUT2D eigenvalue weighted by atomic mass is 32.2. The molecule has 0 aliphatic carbocycles. The Morgan fingerprint density at radius 2 is 1.91 bits per heavy atom. The summed E-state index contributed by atoms with van der Waals surface area (Å²) >= 11 is 1.79. The maximum absolute atomic E-state index is 12.6. The third-order valence-corrected chi connectivity index (χ3v) is 7.48. The molecule has 0 radical (unpaired) electrons. The second kappa shape index (κ2) is 11.0. The van der Waals surface area contributed by atoms with Gasteiger partial charge in [-0.15, -0.1) is 0 Å². The van der Waals surface area contributed by atoms with Crippen molar-refractivity contribution in [3.8, 4) is 11.5 Å². The van der Waals surface area contributed by atoms with Gasteiger partial charge in [0.15, 0.2) is 16.7 Å². The summed E-state index contributed by atoms with van der Waals surface area (Å²) in [6, 6.07) is 14.2. The number of hydrogen-bond acceptors (Lipinski definition) is 7. The summed E-state index contributed by atoms with van der Waals surface area (Å²) in [4.78, 5) is 19.4. The summed E-state index contributed by atoms with van der Waals surface area (Å²) in [5.41, 5.74) is 2.81. The van der Waals surface area contributed by atoms with E-state index in [0.29, 0.717) is 18.2 Å². The number of benzene rings is 2. The molecule has 2 aliphatic rings. The number of piperidine rings is 1. The first-order valence-corrected chi connectivity index (χ1v) is 13.0. The Hall–Kier alpha value is -3.17. The molecule has 3 heterocycles. The lowest BCUT2D eigenvalue weighted by Crippen LogP contribution is -2.43. The number of carbonyl (C=O) groups excluding carboxylic acids is 1. The van der Waals surface area contributed by atoms with Crippen LogP contribution in [0.5, 0.6) is 11.5 Å². The maximum Gasteiger partial charge on any atom is 0.251 e. The molecule has 0 unspecified atom stereocenters. The number of ether oxygens (including phenoxy) is 2. The van der Waals surface area contributed by atoms with Crippen LogP contribution in [0.3, 0.4) is 0 Å². The number of carbonyl (C=O) groups is 1. The molecule has 0 atom stereocenters. The van der Waals surface area contributed by atoms with Crippen molar-refractivity contribution in [2.45, 2.75) is 30.6 Å². The van der Waals surface area contributed by atoms with Crippen LogP contribution in [0.1, 0.15) is 28.8 Å². The molecule has 35 heavy (non-hydrogen) atoms. The highest BCUT2D eigenvalue weighted by Crippen LogP contribution is 2.32. The second-order valence-electron chi connectivity index (χ2n) is 8.80. The number of nitrogens with one attached hydrogen (secondary N) is 2. The molecule has 1 aromatic heterocycles. The number of imidazole rings is 1. The van der Waals surface area contributed by atoms with Crippen molar-refractivity contribution >= 4 is 23.4 Å². The Labute approximate surface area is 210 Å². The third-order valence-electron chi connectivity index (χ3n) is 6.42. The predicted molar refractivity (Wildman–Crippen MR) is 137 cm³/mol. The van der Waals surface area contributed by atoms with E-state index in [1.807, 2.05) is 61.9 Å². The molecule has 5 rings (SSSR count). The summed E-state index contributed by atoms with van der Waals surface area (Å²) in [5.74, 6) is 2.41. The van der Waals surface area contributed by atoms with Crippen molar-refractivity contribution < 1.29 is 14.3 Å². The Morgan fingerprint density at radius 3 is 2.69 bits per heavy atom. The van der Waals surface area contributed by atoms with Crippen molar-refractivity contribution in [3.63, 3.8) is 0 Å². The van der Waals surface area contributed by atoms with Gasteiger partial charge in [0.2, 0.25) is 6.79 Å². The van der Waals surface area contributed by atoms with Gasteiger partial charge in [-0.1, -0.05) is 17.8 Å². The smallest absolute Gasteiger partial charge is 0.251 e. The van der Waals surface area contributed by atoms with Gasteiger partial charge in [0.05, 0.1) is 0 Å². The van der Waals surface area contributed by atoms with E-state index < -0.39 is 0 Å². The molecule has 1 amide bonds. The van der Waals surface area contributed by atoms with Crippen LogP contribution in [0.2, 0.25) is 0 Å². The molecule has 2 aliphatic heterocycles. The van der Waals surface area contributed by atoms with Crippen molar-refractivity contribution in [1.82, 2.24) is 20.2 Å². The Balaban J connectivity index is 1.04. The fourth-order valence-electron chi connectivity index (χ4n) is 4.40. The lowest BCUT2D eigenvalue weighted by molar-refractivity contribution is 0.0951. The molecule has 1 saturated heterocycles. The van der Waals surface area contributed by atoms with E-state index in [1.54, 1.807) is 11.8 Å². The predicted octanol–water partition coefficient (Wildman–Crippen LogP) is 3.43. The van der Waals surface area contributed by atoms with Crippen LogP contribution in [-0.4, -0.2) is 53.7 Å². The van der Waals surface area contributed by atoms with Gasteiger partial charge in [-0.25, -0.2) is 4.98 Å². The van der Waals surface area contributed by atoms with Gasteiger partial charge in [-0.2, -0.15) is 0 Å². The Bertz CT molecular complexity index is 1140. The largest absolute Gasteiger partial charge is 0.454 e. The highest BCUT2D eigenvalue weighted by molar-refractivity contribution is 7.99. The number of rotatable bonds is 9. The molecular weight excluding hydrogens is 462 g/mol. The zero-order chi connectivity index (χ0) is 24.0. The first-order valence-electron chi connectivity index (χ1n) is 12.0. The molecule has 184 valence electrons. The second-order valence-corrected chi connectivity index (χ2v) is 9.86. The maximum atomic E-state index is 12.6. The quantitative estimate of drug-likeness (QED) is 0.349. The molecule has 8 nitrogen and oxygen atoms in total. The van der Waals surface area contributed by atoms with E-state index in [2.05, 4.69) is 25.1 Å². The van der Waals surface area contributed by atoms with Crippen LogP contribution in [-0.2, 0) is 13.6 Å². The van der Waals surface area contributed by atoms with Gasteiger partial charge in [-0.05, 0) is 54.8 Å². The Kier molecular flexibility index (Phi) is 7.44. The first kappa shape index (κ1) is 23.6. The monoisotopic (exact) mass is 493 g/mol. The number of amides is 1. The Morgan fingerprint density at radius 1 is 1.11 bits per heavy atom. The van der Waals surface area contributed by atoms with Crippen molar-refractivity contribution in [3.05, 3.63) is 66.0 Å². The van der Waals surface area contributed by atoms with E-state index in [1.165, 1.54) is 5.69 Å². The van der Waals surface area contributed by atoms with Gasteiger partial charge < -0.3 is 29.6 Å². The summed E-state index contributed by atoms with van der Waals surface area (Å²) in [5, 5.41) is 7.73. The summed E-state index contributed by atoms with van der Waals surface area (Å²) in [6.45, 7) is 3.70. The minimum absolute atomic E-state index is 0.0828. The lowest BCUT2D eigenvalue weighted by atomic mass is 10.0. The molecule has 2 aromatic carbocycles. The number of fused-ring (bicyclic) bond motifs is 1. The zero-order valence-electron chi connectivity index (χ0n) is 19.9. The van der Waals surface area contributed by atoms with Crippen molar-refractivity contribution in [2.75, 3.05) is 37.1 Å². The van der Waals surface area contributed by atoms with E-state index in [0.717, 1.165) is 60.4 Å². The standard InChI is InChI=1S/C26H31N5O3S/c1-30-14-10-28-26(30)35-15-11-27-21-8-12-31(13-9-21)22-5-3-20(4-6-22)25(32)29-17-19-2-7-23-24(16-19)34-18-33-23/h2-7,10,14,16,21,27H,8-9,11-13,15,17-18H2,1H3,(H,29,32). The number of anilines is 1. The number of thioether (sulfide) groups is 1. The fraction of sp³-hybridized carbons (Fsp3) is 0.385. The normalized spacial score (nSPS) is 15.4. The molecule has 3 aromatic rings. The van der Waals surface area contributed by atoms with Gasteiger partial charge in [-0.3, -0.25) is 4.79 Å². The minimum atomic E-state index is -0.0828. The van der Waals surface area contributed by atoms with Gasteiger partial charge in [0, 0.05) is 68.7 Å². The van der Waals surface area contributed by atoms with E-state index in [-0.39, 0.29) is 12.7 Å². The molecule has 0 spiro atoms. The number of aromatic nitrogens is 2. The molecule has 1 fully saturated rings. The number of aryl methyl sites for hydroxylation is 1. The van der Waals surface area contributed by atoms with Crippen LogP contribution < -0.4 is 25.0 Å². The highest BCUT2D eigenvalue weighted by Gasteiger charge is 2.19. The third kappa shape index (κ3) is 5.91. The van der Waals surface area contributed by atoms with Gasteiger partial charge in [0.25, 0.3) is 5.91 Å². The van der Waals surface area contributed by atoms with E-state index in [9.17, 15) is 4.79 Å². The summed E-state index contributed by atoms with van der Waals surface area (Å²) in [7, 11) is 2.03. The van der Waals surface area contributed by atoms with E-state index in [4.69, 9.17) is 9.47 Å². The summed E-state index contributed by atoms with van der Waals surface area (Å²) < 4.78 is 12.8. The van der Waals surface area contributed by atoms with Crippen LogP contribution in [0.4, 0.5) is 5.69 Å². The molecule has 2 N–H and O–H groups in total. The van der Waals surface area contributed by atoms with Crippen LogP contribution in [0, 0.1) is 0 Å². The van der Waals surface area contributed by atoms with Crippen LogP contribution >= 0.6 is 11.8 Å². The topological polar surface area (TPSA) is 80.7 Å².